The van der Waals surface area contributed by atoms with E-state index in [2.05, 4.69) is 31.3 Å². The zero-order valence-electron chi connectivity index (χ0n) is 9.49. The first kappa shape index (κ1) is 10.3. The molecule has 1 aromatic rings. The van der Waals surface area contributed by atoms with Crippen LogP contribution in [0.3, 0.4) is 0 Å². The Labute approximate surface area is 91.6 Å². The van der Waals surface area contributed by atoms with E-state index in [1.54, 1.807) is 0 Å². The lowest BCUT2D eigenvalue weighted by Crippen LogP contribution is -2.05. The molecule has 2 heteroatoms. The van der Waals surface area contributed by atoms with Gasteiger partial charge in [-0.3, -0.25) is 0 Å². The first-order valence-corrected chi connectivity index (χ1v) is 5.73. The monoisotopic (exact) mass is 205 g/mol. The Morgan fingerprint density at radius 2 is 2.20 bits per heavy atom. The molecule has 0 spiro atoms. The molecule has 0 unspecified atom stereocenters. The lowest BCUT2D eigenvalue weighted by Gasteiger charge is -2.10. The summed E-state index contributed by atoms with van der Waals surface area (Å²) in [5.41, 5.74) is 1.18. The van der Waals surface area contributed by atoms with Crippen LogP contribution in [0.2, 0.25) is 0 Å². The van der Waals surface area contributed by atoms with E-state index in [-0.39, 0.29) is 0 Å². The van der Waals surface area contributed by atoms with Gasteiger partial charge in [-0.1, -0.05) is 19.9 Å². The normalized spacial score (nSPS) is 15.4. The average Bonchev–Trinajstić information content (AvgIpc) is 2.99. The van der Waals surface area contributed by atoms with Crippen LogP contribution in [-0.2, 0) is 0 Å². The van der Waals surface area contributed by atoms with E-state index in [9.17, 15) is 0 Å². The Bertz CT molecular complexity index is 318. The molecule has 2 rings (SSSR count). The van der Waals surface area contributed by atoms with E-state index < -0.39 is 0 Å². The standard InChI is InChI=1S/C13H19NO/c1-10(2)9-15-13-5-3-4-12(8-13)14-11-6-7-11/h3-5,8,10-11,14H,6-7,9H2,1-2H3. The first-order chi connectivity index (χ1) is 7.24. The Kier molecular flexibility index (Phi) is 3.14. The van der Waals surface area contributed by atoms with Crippen molar-refractivity contribution in [2.24, 2.45) is 5.92 Å². The molecule has 82 valence electrons. The highest BCUT2D eigenvalue weighted by molar-refractivity contribution is 5.49. The predicted octanol–water partition coefficient (Wildman–Crippen LogP) is 3.30. The number of benzene rings is 1. The Morgan fingerprint density at radius 3 is 2.87 bits per heavy atom. The molecule has 0 radical (unpaired) electrons. The van der Waals surface area contributed by atoms with Crippen molar-refractivity contribution in [3.05, 3.63) is 24.3 Å². The molecule has 1 aromatic carbocycles. The largest absolute Gasteiger partial charge is 0.493 e. The van der Waals surface area contributed by atoms with Gasteiger partial charge in [-0.05, 0) is 30.9 Å². The third-order valence-corrected chi connectivity index (χ3v) is 2.37. The maximum Gasteiger partial charge on any atom is 0.121 e. The molecule has 1 saturated carbocycles. The maximum absolute atomic E-state index is 5.67. The number of ether oxygens (including phenoxy) is 1. The molecule has 0 aliphatic heterocycles. The molecule has 2 nitrogen and oxygen atoms in total. The summed E-state index contributed by atoms with van der Waals surface area (Å²) in [6.07, 6.45) is 2.61. The van der Waals surface area contributed by atoms with Gasteiger partial charge >= 0.3 is 0 Å². The van der Waals surface area contributed by atoms with E-state index in [0.29, 0.717) is 12.0 Å². The summed E-state index contributed by atoms with van der Waals surface area (Å²) in [6.45, 7) is 5.10. The Morgan fingerprint density at radius 1 is 1.40 bits per heavy atom. The van der Waals surface area contributed by atoms with Gasteiger partial charge < -0.3 is 10.1 Å². The summed E-state index contributed by atoms with van der Waals surface area (Å²) >= 11 is 0. The van der Waals surface area contributed by atoms with Crippen molar-refractivity contribution in [2.45, 2.75) is 32.7 Å². The molecule has 0 aromatic heterocycles. The fourth-order valence-electron chi connectivity index (χ4n) is 1.40. The molecular weight excluding hydrogens is 186 g/mol. The van der Waals surface area contributed by atoms with Crippen LogP contribution in [-0.4, -0.2) is 12.6 Å². The fourth-order valence-corrected chi connectivity index (χ4v) is 1.40. The van der Waals surface area contributed by atoms with Crippen LogP contribution in [0.4, 0.5) is 5.69 Å². The molecule has 0 amide bonds. The second-order valence-electron chi connectivity index (χ2n) is 4.65. The fraction of sp³-hybridized carbons (Fsp3) is 0.538. The van der Waals surface area contributed by atoms with Crippen LogP contribution in [0, 0.1) is 5.92 Å². The summed E-state index contributed by atoms with van der Waals surface area (Å²) in [6, 6.07) is 8.94. The van der Waals surface area contributed by atoms with Gasteiger partial charge in [0.25, 0.3) is 0 Å². The molecule has 1 N–H and O–H groups in total. The second kappa shape index (κ2) is 4.56. The van der Waals surface area contributed by atoms with Gasteiger partial charge in [0, 0.05) is 17.8 Å². The highest BCUT2D eigenvalue weighted by Gasteiger charge is 2.20. The molecule has 0 bridgehead atoms. The van der Waals surface area contributed by atoms with Crippen molar-refractivity contribution < 1.29 is 4.74 Å². The number of hydrogen-bond acceptors (Lipinski definition) is 2. The quantitative estimate of drug-likeness (QED) is 0.796. The van der Waals surface area contributed by atoms with Crippen LogP contribution in [0.25, 0.3) is 0 Å². The lowest BCUT2D eigenvalue weighted by molar-refractivity contribution is 0.271. The number of hydrogen-bond donors (Lipinski definition) is 1. The van der Waals surface area contributed by atoms with Crippen molar-refractivity contribution in [1.82, 2.24) is 0 Å². The Hall–Kier alpha value is -1.18. The van der Waals surface area contributed by atoms with Crippen molar-refractivity contribution in [2.75, 3.05) is 11.9 Å². The molecule has 0 heterocycles. The van der Waals surface area contributed by atoms with Crippen LogP contribution in [0.5, 0.6) is 5.75 Å². The zero-order valence-corrected chi connectivity index (χ0v) is 9.49. The smallest absolute Gasteiger partial charge is 0.121 e. The van der Waals surface area contributed by atoms with E-state index >= 15 is 0 Å². The van der Waals surface area contributed by atoms with E-state index in [1.807, 2.05) is 12.1 Å². The topological polar surface area (TPSA) is 21.3 Å². The van der Waals surface area contributed by atoms with Crippen molar-refractivity contribution in [3.63, 3.8) is 0 Å². The third kappa shape index (κ3) is 3.46. The second-order valence-corrected chi connectivity index (χ2v) is 4.65. The zero-order chi connectivity index (χ0) is 10.7. The van der Waals surface area contributed by atoms with E-state index in [4.69, 9.17) is 4.74 Å². The molecule has 15 heavy (non-hydrogen) atoms. The van der Waals surface area contributed by atoms with Gasteiger partial charge in [-0.2, -0.15) is 0 Å². The summed E-state index contributed by atoms with van der Waals surface area (Å²) in [5.74, 6) is 1.54. The minimum atomic E-state index is 0.574. The number of anilines is 1. The van der Waals surface area contributed by atoms with Gasteiger partial charge in [0.2, 0.25) is 0 Å². The first-order valence-electron chi connectivity index (χ1n) is 5.73. The minimum Gasteiger partial charge on any atom is -0.493 e. The summed E-state index contributed by atoms with van der Waals surface area (Å²) < 4.78 is 5.67. The third-order valence-electron chi connectivity index (χ3n) is 2.37. The van der Waals surface area contributed by atoms with Gasteiger partial charge in [0.05, 0.1) is 6.61 Å². The predicted molar refractivity (Wildman–Crippen MR) is 63.4 cm³/mol. The highest BCUT2D eigenvalue weighted by Crippen LogP contribution is 2.26. The molecule has 1 aliphatic rings. The SMILES string of the molecule is CC(C)COc1cccc(NC2CC2)c1. The van der Waals surface area contributed by atoms with E-state index in [1.165, 1.54) is 18.5 Å². The summed E-state index contributed by atoms with van der Waals surface area (Å²) in [7, 11) is 0. The van der Waals surface area contributed by atoms with Gasteiger partial charge in [0.15, 0.2) is 0 Å². The van der Waals surface area contributed by atoms with Crippen molar-refractivity contribution in [3.8, 4) is 5.75 Å². The molecule has 1 aliphatic carbocycles. The van der Waals surface area contributed by atoms with Gasteiger partial charge in [-0.25, -0.2) is 0 Å². The highest BCUT2D eigenvalue weighted by atomic mass is 16.5. The van der Waals surface area contributed by atoms with Crippen molar-refractivity contribution >= 4 is 5.69 Å². The molecule has 1 fully saturated rings. The minimum absolute atomic E-state index is 0.574. The van der Waals surface area contributed by atoms with Crippen LogP contribution < -0.4 is 10.1 Å². The van der Waals surface area contributed by atoms with Crippen LogP contribution in [0.1, 0.15) is 26.7 Å². The van der Waals surface area contributed by atoms with Crippen molar-refractivity contribution in [1.29, 1.82) is 0 Å². The van der Waals surface area contributed by atoms with Crippen LogP contribution >= 0.6 is 0 Å². The van der Waals surface area contributed by atoms with Gasteiger partial charge in [0.1, 0.15) is 5.75 Å². The van der Waals surface area contributed by atoms with E-state index in [0.717, 1.165) is 12.4 Å². The molecule has 0 atom stereocenters. The molecule has 0 saturated heterocycles. The Balaban J connectivity index is 1.92. The average molecular weight is 205 g/mol. The number of nitrogens with one attached hydrogen (secondary N) is 1. The van der Waals surface area contributed by atoms with Gasteiger partial charge in [-0.15, -0.1) is 0 Å². The lowest BCUT2D eigenvalue weighted by atomic mass is 10.2. The maximum atomic E-state index is 5.67. The number of rotatable bonds is 5. The molecular formula is C13H19NO. The summed E-state index contributed by atoms with van der Waals surface area (Å²) in [5, 5.41) is 3.46. The van der Waals surface area contributed by atoms with Crippen LogP contribution in [0.15, 0.2) is 24.3 Å². The summed E-state index contributed by atoms with van der Waals surface area (Å²) in [4.78, 5) is 0.